The molecule has 1 aliphatic heterocycles. The minimum absolute atomic E-state index is 0.0648. The summed E-state index contributed by atoms with van der Waals surface area (Å²) in [6.45, 7) is 2.33. The monoisotopic (exact) mass is 340 g/mol. The first-order valence-electron chi connectivity index (χ1n) is 6.41. The summed E-state index contributed by atoms with van der Waals surface area (Å²) in [6, 6.07) is 5.55. The Morgan fingerprint density at radius 3 is 2.85 bits per heavy atom. The molecule has 1 aromatic carbocycles. The summed E-state index contributed by atoms with van der Waals surface area (Å²) < 4.78 is 6.02. The Morgan fingerprint density at radius 2 is 2.30 bits per heavy atom. The molecule has 0 saturated carbocycles. The Morgan fingerprint density at radius 1 is 1.55 bits per heavy atom. The SMILES string of the molecule is COc1ccc(C(C)NC(=O)C2CNC(=O)C2)cc1Br. The van der Waals surface area contributed by atoms with Crippen LogP contribution in [-0.2, 0) is 9.59 Å². The molecule has 2 amide bonds. The van der Waals surface area contributed by atoms with Crippen LogP contribution >= 0.6 is 15.9 Å². The maximum atomic E-state index is 12.0. The molecule has 0 radical (unpaired) electrons. The van der Waals surface area contributed by atoms with Gasteiger partial charge in [-0.3, -0.25) is 9.59 Å². The molecule has 1 aliphatic rings. The summed E-state index contributed by atoms with van der Waals surface area (Å²) >= 11 is 3.42. The molecule has 2 unspecified atom stereocenters. The van der Waals surface area contributed by atoms with Gasteiger partial charge in [0.1, 0.15) is 5.75 Å². The van der Waals surface area contributed by atoms with Gasteiger partial charge in [0.25, 0.3) is 0 Å². The molecule has 2 rings (SSSR count). The number of methoxy groups -OCH3 is 1. The van der Waals surface area contributed by atoms with Crippen molar-refractivity contribution in [1.29, 1.82) is 0 Å². The quantitative estimate of drug-likeness (QED) is 0.877. The van der Waals surface area contributed by atoms with Crippen LogP contribution in [0.15, 0.2) is 22.7 Å². The molecule has 1 saturated heterocycles. The molecule has 1 fully saturated rings. The molecule has 5 nitrogen and oxygen atoms in total. The fourth-order valence-electron chi connectivity index (χ4n) is 2.16. The Labute approximate surface area is 126 Å². The molecule has 1 heterocycles. The minimum atomic E-state index is -0.272. The van der Waals surface area contributed by atoms with Gasteiger partial charge in [-0.15, -0.1) is 0 Å². The summed E-state index contributed by atoms with van der Waals surface area (Å²) in [5, 5.41) is 5.59. The van der Waals surface area contributed by atoms with E-state index in [2.05, 4.69) is 26.6 Å². The van der Waals surface area contributed by atoms with Crippen LogP contribution in [0, 0.1) is 5.92 Å². The number of benzene rings is 1. The smallest absolute Gasteiger partial charge is 0.225 e. The first-order valence-corrected chi connectivity index (χ1v) is 7.21. The molecule has 2 atom stereocenters. The lowest BCUT2D eigenvalue weighted by atomic mass is 10.0. The number of carbonyl (C=O) groups excluding carboxylic acids is 2. The van der Waals surface area contributed by atoms with Gasteiger partial charge in [0.15, 0.2) is 0 Å². The van der Waals surface area contributed by atoms with E-state index in [4.69, 9.17) is 4.74 Å². The molecule has 0 aromatic heterocycles. The Balaban J connectivity index is 2.00. The van der Waals surface area contributed by atoms with Crippen LogP contribution in [0.1, 0.15) is 24.9 Å². The van der Waals surface area contributed by atoms with Crippen LogP contribution in [0.2, 0.25) is 0 Å². The van der Waals surface area contributed by atoms with E-state index in [1.54, 1.807) is 7.11 Å². The minimum Gasteiger partial charge on any atom is -0.496 e. The molecule has 0 aliphatic carbocycles. The third kappa shape index (κ3) is 3.30. The van der Waals surface area contributed by atoms with Gasteiger partial charge in [0.05, 0.1) is 23.5 Å². The first-order chi connectivity index (χ1) is 9.51. The first kappa shape index (κ1) is 14.8. The highest BCUT2D eigenvalue weighted by molar-refractivity contribution is 9.10. The Kier molecular flexibility index (Phi) is 4.65. The number of halogens is 1. The predicted molar refractivity (Wildman–Crippen MR) is 78.4 cm³/mol. The van der Waals surface area contributed by atoms with E-state index in [0.29, 0.717) is 6.54 Å². The van der Waals surface area contributed by atoms with Gasteiger partial charge in [-0.2, -0.15) is 0 Å². The van der Waals surface area contributed by atoms with E-state index in [1.807, 2.05) is 25.1 Å². The molecule has 0 spiro atoms. The van der Waals surface area contributed by atoms with Crippen molar-refractivity contribution in [3.63, 3.8) is 0 Å². The number of nitrogens with one attached hydrogen (secondary N) is 2. The lowest BCUT2D eigenvalue weighted by molar-refractivity contribution is -0.127. The molecule has 0 bridgehead atoms. The van der Waals surface area contributed by atoms with E-state index >= 15 is 0 Å². The van der Waals surface area contributed by atoms with Gasteiger partial charge >= 0.3 is 0 Å². The van der Waals surface area contributed by atoms with Crippen molar-refractivity contribution in [2.24, 2.45) is 5.92 Å². The van der Waals surface area contributed by atoms with Crippen molar-refractivity contribution in [2.75, 3.05) is 13.7 Å². The van der Waals surface area contributed by atoms with E-state index in [-0.39, 0.29) is 30.2 Å². The van der Waals surface area contributed by atoms with Crippen LogP contribution in [0.5, 0.6) is 5.75 Å². The summed E-state index contributed by atoms with van der Waals surface area (Å²) in [4.78, 5) is 23.2. The lowest BCUT2D eigenvalue weighted by Crippen LogP contribution is -2.33. The summed E-state index contributed by atoms with van der Waals surface area (Å²) in [5.74, 6) is 0.317. The molecule has 2 N–H and O–H groups in total. The highest BCUT2D eigenvalue weighted by Gasteiger charge is 2.28. The molecule has 20 heavy (non-hydrogen) atoms. The third-order valence-corrected chi connectivity index (χ3v) is 4.00. The number of rotatable bonds is 4. The Bertz CT molecular complexity index is 533. The van der Waals surface area contributed by atoms with Crippen molar-refractivity contribution in [1.82, 2.24) is 10.6 Å². The summed E-state index contributed by atoms with van der Waals surface area (Å²) in [6.07, 6.45) is 0.269. The third-order valence-electron chi connectivity index (χ3n) is 3.38. The van der Waals surface area contributed by atoms with Gasteiger partial charge in [0, 0.05) is 13.0 Å². The number of hydrogen-bond acceptors (Lipinski definition) is 3. The largest absolute Gasteiger partial charge is 0.496 e. The van der Waals surface area contributed by atoms with E-state index in [9.17, 15) is 9.59 Å². The van der Waals surface area contributed by atoms with E-state index < -0.39 is 0 Å². The lowest BCUT2D eigenvalue weighted by Gasteiger charge is -2.17. The van der Waals surface area contributed by atoms with Crippen LogP contribution in [-0.4, -0.2) is 25.5 Å². The number of hydrogen-bond donors (Lipinski definition) is 2. The van der Waals surface area contributed by atoms with Gasteiger partial charge in [0.2, 0.25) is 11.8 Å². The van der Waals surface area contributed by atoms with Crippen molar-refractivity contribution >= 4 is 27.7 Å². The fourth-order valence-corrected chi connectivity index (χ4v) is 2.72. The topological polar surface area (TPSA) is 67.4 Å². The van der Waals surface area contributed by atoms with Crippen LogP contribution in [0.3, 0.4) is 0 Å². The average molecular weight is 341 g/mol. The normalized spacial score (nSPS) is 19.4. The van der Waals surface area contributed by atoms with Crippen molar-refractivity contribution in [3.05, 3.63) is 28.2 Å². The standard InChI is InChI=1S/C14H17BrN2O3/c1-8(9-3-4-12(20-2)11(15)5-9)17-14(19)10-6-13(18)16-7-10/h3-5,8,10H,6-7H2,1-2H3,(H,16,18)(H,17,19). The van der Waals surface area contributed by atoms with Crippen LogP contribution in [0.4, 0.5) is 0 Å². The maximum Gasteiger partial charge on any atom is 0.225 e. The number of amides is 2. The van der Waals surface area contributed by atoms with Gasteiger partial charge in [-0.1, -0.05) is 6.07 Å². The second kappa shape index (κ2) is 6.26. The highest BCUT2D eigenvalue weighted by Crippen LogP contribution is 2.28. The van der Waals surface area contributed by atoms with Crippen molar-refractivity contribution in [3.8, 4) is 5.75 Å². The highest BCUT2D eigenvalue weighted by atomic mass is 79.9. The maximum absolute atomic E-state index is 12.0. The Hall–Kier alpha value is -1.56. The van der Waals surface area contributed by atoms with Crippen LogP contribution < -0.4 is 15.4 Å². The fraction of sp³-hybridized carbons (Fsp3) is 0.429. The molecular weight excluding hydrogens is 324 g/mol. The average Bonchev–Trinajstić information content (AvgIpc) is 2.85. The van der Waals surface area contributed by atoms with Gasteiger partial charge in [-0.25, -0.2) is 0 Å². The summed E-state index contributed by atoms with van der Waals surface area (Å²) in [7, 11) is 1.61. The van der Waals surface area contributed by atoms with Crippen molar-refractivity contribution < 1.29 is 14.3 Å². The second-order valence-electron chi connectivity index (χ2n) is 4.83. The summed E-state index contributed by atoms with van der Waals surface area (Å²) in [5.41, 5.74) is 0.975. The van der Waals surface area contributed by atoms with Crippen molar-refractivity contribution in [2.45, 2.75) is 19.4 Å². The van der Waals surface area contributed by atoms with E-state index in [0.717, 1.165) is 15.8 Å². The number of ether oxygens (including phenoxy) is 1. The zero-order chi connectivity index (χ0) is 14.7. The van der Waals surface area contributed by atoms with Crippen LogP contribution in [0.25, 0.3) is 0 Å². The molecular formula is C14H17BrN2O3. The van der Waals surface area contributed by atoms with E-state index in [1.165, 1.54) is 0 Å². The molecule has 6 heteroatoms. The molecule has 1 aromatic rings. The van der Waals surface area contributed by atoms with Gasteiger partial charge < -0.3 is 15.4 Å². The molecule has 108 valence electrons. The second-order valence-corrected chi connectivity index (χ2v) is 5.68. The number of carbonyl (C=O) groups is 2. The predicted octanol–water partition coefficient (Wildman–Crippen LogP) is 1.77. The van der Waals surface area contributed by atoms with Gasteiger partial charge in [-0.05, 0) is 40.5 Å². The zero-order valence-electron chi connectivity index (χ0n) is 11.4. The zero-order valence-corrected chi connectivity index (χ0v) is 13.0.